The number of hydrogen-bond acceptors (Lipinski definition) is 1. The van der Waals surface area contributed by atoms with Gasteiger partial charge in [0.15, 0.2) is 0 Å². The van der Waals surface area contributed by atoms with Gasteiger partial charge in [0, 0.05) is 12.1 Å². The molecule has 0 aliphatic heterocycles. The fourth-order valence-electron chi connectivity index (χ4n) is 3.00. The highest BCUT2D eigenvalue weighted by atomic mass is 19.1. The van der Waals surface area contributed by atoms with Crippen molar-refractivity contribution in [3.63, 3.8) is 0 Å². The molecule has 1 aliphatic carbocycles. The Hall–Kier alpha value is -0.960. The van der Waals surface area contributed by atoms with Crippen LogP contribution in [0.4, 0.5) is 8.78 Å². The van der Waals surface area contributed by atoms with Crippen LogP contribution in [-0.4, -0.2) is 12.6 Å². The van der Waals surface area contributed by atoms with Crippen molar-refractivity contribution in [3.8, 4) is 0 Å². The predicted octanol–water partition coefficient (Wildman–Crippen LogP) is 3.99. The first kappa shape index (κ1) is 13.5. The lowest BCUT2D eigenvalue weighted by Crippen LogP contribution is -2.34. The molecular formula is C15H21F2N. The highest BCUT2D eigenvalue weighted by molar-refractivity contribution is 5.24. The molecule has 1 N–H and O–H groups in total. The molecule has 2 unspecified atom stereocenters. The van der Waals surface area contributed by atoms with E-state index < -0.39 is 11.6 Å². The molecule has 18 heavy (non-hydrogen) atoms. The van der Waals surface area contributed by atoms with Gasteiger partial charge in [0.1, 0.15) is 11.6 Å². The monoisotopic (exact) mass is 253 g/mol. The van der Waals surface area contributed by atoms with Gasteiger partial charge >= 0.3 is 0 Å². The van der Waals surface area contributed by atoms with Crippen LogP contribution in [0.5, 0.6) is 0 Å². The maximum atomic E-state index is 13.3. The maximum absolute atomic E-state index is 13.3. The zero-order valence-corrected chi connectivity index (χ0v) is 10.9. The molecule has 1 aliphatic rings. The molecule has 0 bridgehead atoms. The average molecular weight is 253 g/mol. The molecule has 1 nitrogen and oxygen atoms in total. The van der Waals surface area contributed by atoms with Crippen LogP contribution in [0.15, 0.2) is 18.2 Å². The lowest BCUT2D eigenvalue weighted by Gasteiger charge is -2.26. The summed E-state index contributed by atoms with van der Waals surface area (Å²) in [4.78, 5) is 0. The molecule has 1 aromatic rings. The quantitative estimate of drug-likeness (QED) is 0.803. The Balaban J connectivity index is 2.25. The molecule has 100 valence electrons. The Morgan fingerprint density at radius 3 is 2.39 bits per heavy atom. The van der Waals surface area contributed by atoms with Gasteiger partial charge in [-0.2, -0.15) is 0 Å². The van der Waals surface area contributed by atoms with Crippen molar-refractivity contribution < 1.29 is 8.78 Å². The average Bonchev–Trinajstić information content (AvgIpc) is 2.54. The topological polar surface area (TPSA) is 12.0 Å². The minimum Gasteiger partial charge on any atom is -0.314 e. The molecule has 0 heterocycles. The van der Waals surface area contributed by atoms with Gasteiger partial charge in [0.2, 0.25) is 0 Å². The fraction of sp³-hybridized carbons (Fsp3) is 0.600. The van der Waals surface area contributed by atoms with Gasteiger partial charge < -0.3 is 5.32 Å². The van der Waals surface area contributed by atoms with Gasteiger partial charge in [-0.3, -0.25) is 0 Å². The Labute approximate surface area is 108 Å². The van der Waals surface area contributed by atoms with Gasteiger partial charge in [-0.25, -0.2) is 8.78 Å². The minimum atomic E-state index is -0.468. The molecule has 0 saturated heterocycles. The fourth-order valence-corrected chi connectivity index (χ4v) is 3.00. The number of likely N-dealkylation sites (N-methyl/N-ethyl adjacent to an activating group) is 1. The Morgan fingerprint density at radius 1 is 1.06 bits per heavy atom. The van der Waals surface area contributed by atoms with Crippen LogP contribution in [0.3, 0.4) is 0 Å². The van der Waals surface area contributed by atoms with E-state index in [2.05, 4.69) is 12.2 Å². The zero-order chi connectivity index (χ0) is 13.0. The van der Waals surface area contributed by atoms with E-state index in [4.69, 9.17) is 0 Å². The molecule has 0 radical (unpaired) electrons. The van der Waals surface area contributed by atoms with E-state index in [9.17, 15) is 8.78 Å². The van der Waals surface area contributed by atoms with Gasteiger partial charge in [-0.05, 0) is 43.0 Å². The van der Waals surface area contributed by atoms with E-state index in [1.165, 1.54) is 25.0 Å². The molecule has 1 fully saturated rings. The van der Waals surface area contributed by atoms with Crippen molar-refractivity contribution in [1.29, 1.82) is 0 Å². The molecule has 0 amide bonds. The van der Waals surface area contributed by atoms with Crippen LogP contribution in [0.2, 0.25) is 0 Å². The zero-order valence-electron chi connectivity index (χ0n) is 10.9. The molecule has 0 spiro atoms. The van der Waals surface area contributed by atoms with E-state index in [1.807, 2.05) is 0 Å². The first-order chi connectivity index (χ1) is 8.70. The van der Waals surface area contributed by atoms with E-state index in [-0.39, 0.29) is 5.92 Å². The Kier molecular flexibility index (Phi) is 4.70. The smallest absolute Gasteiger partial charge is 0.126 e. The summed E-state index contributed by atoms with van der Waals surface area (Å²) in [5.41, 5.74) is 0.806. The first-order valence-corrected chi connectivity index (χ1v) is 6.90. The summed E-state index contributed by atoms with van der Waals surface area (Å²) in [7, 11) is 0. The third-order valence-electron chi connectivity index (χ3n) is 3.80. The molecular weight excluding hydrogens is 232 g/mol. The molecule has 1 saturated carbocycles. The summed E-state index contributed by atoms with van der Waals surface area (Å²) in [6.45, 7) is 2.98. The van der Waals surface area contributed by atoms with E-state index in [0.717, 1.165) is 37.4 Å². The number of hydrogen-bond donors (Lipinski definition) is 1. The van der Waals surface area contributed by atoms with Crippen molar-refractivity contribution in [2.24, 2.45) is 0 Å². The lowest BCUT2D eigenvalue weighted by atomic mass is 9.87. The molecule has 1 aromatic carbocycles. The summed E-state index contributed by atoms with van der Waals surface area (Å²) >= 11 is 0. The van der Waals surface area contributed by atoms with Gasteiger partial charge in [0.05, 0.1) is 0 Å². The van der Waals surface area contributed by atoms with Crippen molar-refractivity contribution in [1.82, 2.24) is 5.32 Å². The van der Waals surface area contributed by atoms with E-state index >= 15 is 0 Å². The highest BCUT2D eigenvalue weighted by Crippen LogP contribution is 2.32. The number of rotatable bonds is 3. The third kappa shape index (κ3) is 3.29. The summed E-state index contributed by atoms with van der Waals surface area (Å²) in [5, 5.41) is 3.47. The highest BCUT2D eigenvalue weighted by Gasteiger charge is 2.25. The number of nitrogens with one attached hydrogen (secondary N) is 1. The summed E-state index contributed by atoms with van der Waals surface area (Å²) in [6, 6.07) is 4.27. The van der Waals surface area contributed by atoms with Crippen LogP contribution >= 0.6 is 0 Å². The third-order valence-corrected chi connectivity index (χ3v) is 3.80. The van der Waals surface area contributed by atoms with Crippen molar-refractivity contribution in [2.75, 3.05) is 6.54 Å². The second kappa shape index (κ2) is 6.28. The normalized spacial score (nSPS) is 24.8. The van der Waals surface area contributed by atoms with Crippen molar-refractivity contribution in [2.45, 2.75) is 51.0 Å². The lowest BCUT2D eigenvalue weighted by molar-refractivity contribution is 0.416. The Morgan fingerprint density at radius 2 is 1.72 bits per heavy atom. The standard InChI is InChI=1S/C15H21F2N/c1-2-18-15-7-5-3-4-6-14(15)11-8-12(16)10-13(17)9-11/h8-10,14-15,18H,2-7H2,1H3. The second-order valence-corrected chi connectivity index (χ2v) is 5.11. The number of benzene rings is 1. The van der Waals surface area contributed by atoms with E-state index in [1.54, 1.807) is 0 Å². The second-order valence-electron chi connectivity index (χ2n) is 5.11. The number of halogens is 2. The van der Waals surface area contributed by atoms with Crippen LogP contribution in [0, 0.1) is 11.6 Å². The molecule has 0 aromatic heterocycles. The molecule has 3 heteroatoms. The SMILES string of the molecule is CCNC1CCCCCC1c1cc(F)cc(F)c1. The van der Waals surface area contributed by atoms with Gasteiger partial charge in [0.25, 0.3) is 0 Å². The molecule has 2 atom stereocenters. The van der Waals surface area contributed by atoms with Crippen LogP contribution in [0.1, 0.15) is 50.5 Å². The maximum Gasteiger partial charge on any atom is 0.126 e. The summed E-state index contributed by atoms with van der Waals surface area (Å²) < 4.78 is 26.7. The van der Waals surface area contributed by atoms with E-state index in [0.29, 0.717) is 6.04 Å². The van der Waals surface area contributed by atoms with Gasteiger partial charge in [-0.1, -0.05) is 26.2 Å². The van der Waals surface area contributed by atoms with Crippen LogP contribution in [0.25, 0.3) is 0 Å². The predicted molar refractivity (Wildman–Crippen MR) is 69.6 cm³/mol. The largest absolute Gasteiger partial charge is 0.314 e. The summed E-state index contributed by atoms with van der Waals surface area (Å²) in [5.74, 6) is -0.702. The van der Waals surface area contributed by atoms with Gasteiger partial charge in [-0.15, -0.1) is 0 Å². The van der Waals surface area contributed by atoms with Crippen LogP contribution < -0.4 is 5.32 Å². The van der Waals surface area contributed by atoms with Crippen molar-refractivity contribution >= 4 is 0 Å². The molecule has 2 rings (SSSR count). The summed E-state index contributed by atoms with van der Waals surface area (Å²) in [6.07, 6.45) is 5.67. The minimum absolute atomic E-state index is 0.234. The Bertz CT molecular complexity index is 372. The van der Waals surface area contributed by atoms with Crippen molar-refractivity contribution in [3.05, 3.63) is 35.4 Å². The first-order valence-electron chi connectivity index (χ1n) is 6.90. The van der Waals surface area contributed by atoms with Crippen LogP contribution in [-0.2, 0) is 0 Å².